The first-order valence-corrected chi connectivity index (χ1v) is 6.93. The minimum Gasteiger partial charge on any atom is -0.384 e. The van der Waals surface area contributed by atoms with E-state index in [1.165, 1.54) is 6.20 Å². The van der Waals surface area contributed by atoms with Gasteiger partial charge in [-0.15, -0.1) is 12.4 Å². The van der Waals surface area contributed by atoms with Crippen LogP contribution in [0.1, 0.15) is 32.6 Å². The summed E-state index contributed by atoms with van der Waals surface area (Å²) in [6, 6.07) is 2.95. The van der Waals surface area contributed by atoms with E-state index < -0.39 is 0 Å². The number of piperidine rings is 1. The van der Waals surface area contributed by atoms with E-state index in [-0.39, 0.29) is 30.3 Å². The number of carbonyl (C=O) groups excluding carboxylic acids is 2. The minimum absolute atomic E-state index is 0. The Hall–Kier alpha value is -1.82. The number of hydrogen-bond donors (Lipinski definition) is 2. The van der Waals surface area contributed by atoms with Crippen LogP contribution in [0.15, 0.2) is 18.3 Å². The van der Waals surface area contributed by atoms with Crippen LogP contribution in [0.3, 0.4) is 0 Å². The van der Waals surface area contributed by atoms with Crippen LogP contribution >= 0.6 is 12.4 Å². The number of pyridine rings is 1. The van der Waals surface area contributed by atoms with Crippen LogP contribution in [0, 0.1) is 0 Å². The van der Waals surface area contributed by atoms with Crippen molar-refractivity contribution in [2.75, 3.05) is 17.6 Å². The van der Waals surface area contributed by atoms with Crippen LogP contribution < -0.4 is 11.1 Å². The third kappa shape index (κ3) is 4.32. The highest BCUT2D eigenvalue weighted by atomic mass is 35.5. The fraction of sp³-hybridized carbons (Fsp3) is 0.500. The molecule has 1 aliphatic heterocycles. The largest absolute Gasteiger partial charge is 0.384 e. The summed E-state index contributed by atoms with van der Waals surface area (Å²) in [7, 11) is 0. The molecule has 1 fully saturated rings. The molecule has 2 rings (SSSR count). The quantitative estimate of drug-likeness (QED) is 0.891. The van der Waals surface area contributed by atoms with Crippen LogP contribution in [0.25, 0.3) is 0 Å². The number of carbonyl (C=O) groups is 2. The third-order valence-corrected chi connectivity index (χ3v) is 3.48. The Morgan fingerprint density at radius 3 is 2.81 bits per heavy atom. The minimum atomic E-state index is -0.381. The molecule has 1 aromatic heterocycles. The molecule has 6 nitrogen and oxygen atoms in total. The van der Waals surface area contributed by atoms with Gasteiger partial charge in [0.15, 0.2) is 0 Å². The number of amides is 2. The standard InChI is InChI=1S/C14H20N4O2.ClH/c1-2-13(19)18-8-4-3-5-11(18)14(20)17-10-6-7-12(15)16-9-10;/h6-7,9,11H,2-5,8H2,1H3,(H2,15,16)(H,17,20);1H. The lowest BCUT2D eigenvalue weighted by Crippen LogP contribution is -2.49. The summed E-state index contributed by atoms with van der Waals surface area (Å²) in [6.45, 7) is 2.47. The number of nitrogen functional groups attached to an aromatic ring is 1. The van der Waals surface area contributed by atoms with E-state index in [2.05, 4.69) is 10.3 Å². The molecule has 1 unspecified atom stereocenters. The van der Waals surface area contributed by atoms with Crippen molar-refractivity contribution in [3.63, 3.8) is 0 Å². The van der Waals surface area contributed by atoms with Gasteiger partial charge in [0.1, 0.15) is 11.9 Å². The average molecular weight is 313 g/mol. The van der Waals surface area contributed by atoms with Gasteiger partial charge in [-0.3, -0.25) is 9.59 Å². The SMILES string of the molecule is CCC(=O)N1CCCCC1C(=O)Nc1ccc(N)nc1.Cl. The zero-order valence-electron chi connectivity index (χ0n) is 12.0. The van der Waals surface area contributed by atoms with Gasteiger partial charge in [-0.1, -0.05) is 6.92 Å². The summed E-state index contributed by atoms with van der Waals surface area (Å²) in [5, 5.41) is 2.80. The highest BCUT2D eigenvalue weighted by Gasteiger charge is 2.31. The Balaban J connectivity index is 0.00000220. The Bertz CT molecular complexity index is 492. The number of nitrogens with two attached hydrogens (primary N) is 1. The molecule has 0 radical (unpaired) electrons. The zero-order chi connectivity index (χ0) is 14.5. The van der Waals surface area contributed by atoms with Crippen LogP contribution in [0.2, 0.25) is 0 Å². The normalized spacial score (nSPS) is 17.8. The van der Waals surface area contributed by atoms with Crippen molar-refractivity contribution >= 4 is 35.7 Å². The number of rotatable bonds is 3. The number of halogens is 1. The molecule has 1 aliphatic rings. The van der Waals surface area contributed by atoms with Crippen molar-refractivity contribution in [1.29, 1.82) is 0 Å². The maximum atomic E-state index is 12.3. The van der Waals surface area contributed by atoms with Crippen LogP contribution in [0.4, 0.5) is 11.5 Å². The molecule has 0 bridgehead atoms. The molecule has 2 heterocycles. The second-order valence-corrected chi connectivity index (χ2v) is 4.91. The number of hydrogen-bond acceptors (Lipinski definition) is 4. The van der Waals surface area contributed by atoms with E-state index in [1.807, 2.05) is 6.92 Å². The maximum absolute atomic E-state index is 12.3. The highest BCUT2D eigenvalue weighted by molar-refractivity contribution is 5.97. The van der Waals surface area contributed by atoms with Crippen molar-refractivity contribution in [2.24, 2.45) is 0 Å². The van der Waals surface area contributed by atoms with Gasteiger partial charge in [0, 0.05) is 13.0 Å². The topological polar surface area (TPSA) is 88.3 Å². The second-order valence-electron chi connectivity index (χ2n) is 4.91. The maximum Gasteiger partial charge on any atom is 0.247 e. The molecule has 0 aliphatic carbocycles. The van der Waals surface area contributed by atoms with E-state index in [9.17, 15) is 9.59 Å². The monoisotopic (exact) mass is 312 g/mol. The average Bonchev–Trinajstić information content (AvgIpc) is 2.48. The van der Waals surface area contributed by atoms with Gasteiger partial charge >= 0.3 is 0 Å². The van der Waals surface area contributed by atoms with Crippen molar-refractivity contribution in [1.82, 2.24) is 9.88 Å². The molecule has 7 heteroatoms. The van der Waals surface area contributed by atoms with Crippen molar-refractivity contribution in [3.05, 3.63) is 18.3 Å². The second kappa shape index (κ2) is 7.83. The summed E-state index contributed by atoms with van der Waals surface area (Å²) in [5.41, 5.74) is 6.10. The van der Waals surface area contributed by atoms with E-state index >= 15 is 0 Å². The van der Waals surface area contributed by atoms with Gasteiger partial charge in [0.25, 0.3) is 0 Å². The van der Waals surface area contributed by atoms with Crippen molar-refractivity contribution < 1.29 is 9.59 Å². The Morgan fingerprint density at radius 2 is 2.19 bits per heavy atom. The molecule has 1 atom stereocenters. The van der Waals surface area contributed by atoms with Gasteiger partial charge in [-0.2, -0.15) is 0 Å². The van der Waals surface area contributed by atoms with Gasteiger partial charge in [0.2, 0.25) is 11.8 Å². The first-order valence-electron chi connectivity index (χ1n) is 6.93. The lowest BCUT2D eigenvalue weighted by molar-refractivity contribution is -0.140. The smallest absolute Gasteiger partial charge is 0.247 e. The Labute approximate surface area is 130 Å². The lowest BCUT2D eigenvalue weighted by atomic mass is 10.0. The molecule has 21 heavy (non-hydrogen) atoms. The van der Waals surface area contributed by atoms with E-state index in [4.69, 9.17) is 5.73 Å². The van der Waals surface area contributed by atoms with Gasteiger partial charge < -0.3 is 16.0 Å². The first-order chi connectivity index (χ1) is 9.61. The zero-order valence-corrected chi connectivity index (χ0v) is 12.9. The molecule has 1 saturated heterocycles. The summed E-state index contributed by atoms with van der Waals surface area (Å²) in [4.78, 5) is 29.8. The number of anilines is 2. The first kappa shape index (κ1) is 17.2. The fourth-order valence-electron chi connectivity index (χ4n) is 2.41. The number of nitrogens with zero attached hydrogens (tertiary/aromatic N) is 2. The van der Waals surface area contributed by atoms with Gasteiger partial charge in [-0.05, 0) is 31.4 Å². The van der Waals surface area contributed by atoms with Gasteiger partial charge in [0.05, 0.1) is 11.9 Å². The fourth-order valence-corrected chi connectivity index (χ4v) is 2.41. The van der Waals surface area contributed by atoms with E-state index in [0.717, 1.165) is 12.8 Å². The van der Waals surface area contributed by atoms with Crippen molar-refractivity contribution in [3.8, 4) is 0 Å². The summed E-state index contributed by atoms with van der Waals surface area (Å²) < 4.78 is 0. The Kier molecular flexibility index (Phi) is 6.42. The summed E-state index contributed by atoms with van der Waals surface area (Å²) >= 11 is 0. The molecular formula is C14H21ClN4O2. The number of nitrogens with one attached hydrogen (secondary N) is 1. The van der Waals surface area contributed by atoms with Crippen LogP contribution in [0.5, 0.6) is 0 Å². The molecule has 2 amide bonds. The predicted octanol–water partition coefficient (Wildman–Crippen LogP) is 1.82. The molecule has 3 N–H and O–H groups in total. The predicted molar refractivity (Wildman–Crippen MR) is 84.2 cm³/mol. The van der Waals surface area contributed by atoms with E-state index in [0.29, 0.717) is 30.9 Å². The molecule has 116 valence electrons. The molecule has 1 aromatic rings. The number of likely N-dealkylation sites (tertiary alicyclic amines) is 1. The van der Waals surface area contributed by atoms with Crippen LogP contribution in [-0.2, 0) is 9.59 Å². The molecule has 0 spiro atoms. The Morgan fingerprint density at radius 1 is 1.43 bits per heavy atom. The van der Waals surface area contributed by atoms with Crippen LogP contribution in [-0.4, -0.2) is 34.3 Å². The molecular weight excluding hydrogens is 292 g/mol. The summed E-state index contributed by atoms with van der Waals surface area (Å²) in [6.07, 6.45) is 4.57. The van der Waals surface area contributed by atoms with E-state index in [1.54, 1.807) is 17.0 Å². The number of aromatic nitrogens is 1. The highest BCUT2D eigenvalue weighted by Crippen LogP contribution is 2.19. The molecule has 0 saturated carbocycles. The third-order valence-electron chi connectivity index (χ3n) is 3.48. The lowest BCUT2D eigenvalue weighted by Gasteiger charge is -2.34. The van der Waals surface area contributed by atoms with Crippen molar-refractivity contribution in [2.45, 2.75) is 38.6 Å². The molecule has 0 aromatic carbocycles. The summed E-state index contributed by atoms with van der Waals surface area (Å²) in [5.74, 6) is 0.279. The van der Waals surface area contributed by atoms with Gasteiger partial charge in [-0.25, -0.2) is 4.98 Å².